The molecule has 0 atom stereocenters. The van der Waals surface area contributed by atoms with Crippen LogP contribution in [0.2, 0.25) is 0 Å². The number of nitro benzene ring substituents is 1. The summed E-state index contributed by atoms with van der Waals surface area (Å²) in [6, 6.07) is 7.01. The molecule has 0 aromatic heterocycles. The number of aliphatic imine (C=N–C) groups is 1. The molecule has 0 aliphatic carbocycles. The van der Waals surface area contributed by atoms with Gasteiger partial charge in [-0.05, 0) is 38.3 Å². The van der Waals surface area contributed by atoms with Crippen molar-refractivity contribution in [3.05, 3.63) is 39.9 Å². The maximum absolute atomic E-state index is 10.7. The zero-order valence-electron chi connectivity index (χ0n) is 15.6. The molecule has 1 aliphatic heterocycles. The van der Waals surface area contributed by atoms with Gasteiger partial charge >= 0.3 is 0 Å². The summed E-state index contributed by atoms with van der Waals surface area (Å²) < 4.78 is 0. The Bertz CT molecular complexity index is 571. The first-order valence-electron chi connectivity index (χ1n) is 9.13. The lowest BCUT2D eigenvalue weighted by atomic mass is 10.1. The maximum Gasteiger partial charge on any atom is 0.269 e. The average molecular weight is 475 g/mol. The minimum Gasteiger partial charge on any atom is -0.357 e. The van der Waals surface area contributed by atoms with E-state index in [0.29, 0.717) is 12.6 Å². The zero-order valence-corrected chi connectivity index (χ0v) is 17.9. The highest BCUT2D eigenvalue weighted by Crippen LogP contribution is 2.13. The van der Waals surface area contributed by atoms with Gasteiger partial charge in [-0.3, -0.25) is 10.1 Å². The Labute approximate surface area is 172 Å². The highest BCUT2D eigenvalue weighted by molar-refractivity contribution is 14.0. The Morgan fingerprint density at radius 2 is 1.92 bits per heavy atom. The van der Waals surface area contributed by atoms with Gasteiger partial charge < -0.3 is 15.5 Å². The van der Waals surface area contributed by atoms with E-state index in [1.165, 1.54) is 25.1 Å². The smallest absolute Gasteiger partial charge is 0.269 e. The molecule has 1 fully saturated rings. The minimum atomic E-state index is -0.385. The number of likely N-dealkylation sites (tertiary alicyclic amines) is 1. The molecule has 1 heterocycles. The SMILES string of the molecule is CCCN1CCC(NC(=NCc2ccc([N+](=O)[O-])cc2)NCC)CC1.I. The summed E-state index contributed by atoms with van der Waals surface area (Å²) in [5.74, 6) is 0.815. The lowest BCUT2D eigenvalue weighted by Gasteiger charge is -2.32. The molecule has 2 N–H and O–H groups in total. The fraction of sp³-hybridized carbons (Fsp3) is 0.611. The van der Waals surface area contributed by atoms with E-state index in [1.807, 2.05) is 6.92 Å². The molecule has 2 rings (SSSR count). The first kappa shape index (κ1) is 22.6. The van der Waals surface area contributed by atoms with Crippen LogP contribution in [0.3, 0.4) is 0 Å². The monoisotopic (exact) mass is 475 g/mol. The van der Waals surface area contributed by atoms with E-state index in [0.717, 1.165) is 44.0 Å². The van der Waals surface area contributed by atoms with Crippen LogP contribution in [0.1, 0.15) is 38.7 Å². The lowest BCUT2D eigenvalue weighted by molar-refractivity contribution is -0.384. The van der Waals surface area contributed by atoms with Gasteiger partial charge in [0.2, 0.25) is 0 Å². The second-order valence-corrected chi connectivity index (χ2v) is 6.38. The first-order chi connectivity index (χ1) is 12.1. The molecule has 1 aromatic rings. The van der Waals surface area contributed by atoms with Crippen LogP contribution in [0.5, 0.6) is 0 Å². The second kappa shape index (κ2) is 12.1. The van der Waals surface area contributed by atoms with E-state index >= 15 is 0 Å². The molecule has 0 saturated carbocycles. The van der Waals surface area contributed by atoms with Gasteiger partial charge in [-0.2, -0.15) is 0 Å². The predicted molar refractivity (Wildman–Crippen MR) is 116 cm³/mol. The number of nitrogens with one attached hydrogen (secondary N) is 2. The summed E-state index contributed by atoms with van der Waals surface area (Å²) in [6.45, 7) is 9.02. The number of hydrogen-bond acceptors (Lipinski definition) is 4. The molecule has 146 valence electrons. The molecule has 1 aliphatic rings. The Kier molecular flexibility index (Phi) is 10.5. The molecule has 1 saturated heterocycles. The van der Waals surface area contributed by atoms with Crippen molar-refractivity contribution < 1.29 is 4.92 Å². The van der Waals surface area contributed by atoms with E-state index in [1.54, 1.807) is 12.1 Å². The molecule has 0 amide bonds. The number of non-ortho nitro benzene ring substituents is 1. The summed E-state index contributed by atoms with van der Waals surface area (Å²) in [5, 5.41) is 17.5. The Morgan fingerprint density at radius 3 is 2.46 bits per heavy atom. The quantitative estimate of drug-likeness (QED) is 0.208. The van der Waals surface area contributed by atoms with Crippen LogP contribution in [-0.2, 0) is 6.54 Å². The average Bonchev–Trinajstić information content (AvgIpc) is 2.62. The highest BCUT2D eigenvalue weighted by Gasteiger charge is 2.19. The normalized spacial score (nSPS) is 16.0. The Balaban J connectivity index is 0.00000338. The van der Waals surface area contributed by atoms with E-state index in [-0.39, 0.29) is 34.6 Å². The van der Waals surface area contributed by atoms with Gasteiger partial charge in [0.05, 0.1) is 11.5 Å². The Hall–Kier alpha value is -1.42. The minimum absolute atomic E-state index is 0. The molecular weight excluding hydrogens is 445 g/mol. The highest BCUT2D eigenvalue weighted by atomic mass is 127. The van der Waals surface area contributed by atoms with Gasteiger partial charge in [0.15, 0.2) is 5.96 Å². The van der Waals surface area contributed by atoms with Gasteiger partial charge in [0.25, 0.3) is 5.69 Å². The van der Waals surface area contributed by atoms with Crippen molar-refractivity contribution >= 4 is 35.6 Å². The van der Waals surface area contributed by atoms with E-state index < -0.39 is 0 Å². The summed E-state index contributed by atoms with van der Waals surface area (Å²) in [5.41, 5.74) is 1.07. The predicted octanol–water partition coefficient (Wildman–Crippen LogP) is 3.14. The maximum atomic E-state index is 10.7. The van der Waals surface area contributed by atoms with Crippen molar-refractivity contribution in [2.45, 2.75) is 45.7 Å². The number of guanidine groups is 1. The van der Waals surface area contributed by atoms with Crippen LogP contribution in [-0.4, -0.2) is 48.0 Å². The third kappa shape index (κ3) is 7.45. The molecule has 7 nitrogen and oxygen atoms in total. The molecule has 0 radical (unpaired) electrons. The van der Waals surface area contributed by atoms with Crippen LogP contribution >= 0.6 is 24.0 Å². The zero-order chi connectivity index (χ0) is 18.1. The van der Waals surface area contributed by atoms with E-state index in [2.05, 4.69) is 27.4 Å². The fourth-order valence-corrected chi connectivity index (χ4v) is 3.02. The van der Waals surface area contributed by atoms with Crippen LogP contribution in [0.25, 0.3) is 0 Å². The summed E-state index contributed by atoms with van der Waals surface area (Å²) in [6.07, 6.45) is 3.46. The number of rotatable bonds is 7. The number of nitrogens with zero attached hydrogens (tertiary/aromatic N) is 3. The van der Waals surface area contributed by atoms with Gasteiger partial charge in [0, 0.05) is 37.8 Å². The standard InChI is InChI=1S/C18H29N5O2.HI/c1-3-11-22-12-9-16(10-13-22)21-18(19-4-2)20-14-15-5-7-17(8-6-15)23(24)25;/h5-8,16H,3-4,9-14H2,1-2H3,(H2,19,20,21);1H. The molecule has 1 aromatic carbocycles. The van der Waals surface area contributed by atoms with Crippen LogP contribution < -0.4 is 10.6 Å². The van der Waals surface area contributed by atoms with Crippen molar-refractivity contribution in [3.63, 3.8) is 0 Å². The van der Waals surface area contributed by atoms with Gasteiger partial charge in [-0.25, -0.2) is 4.99 Å². The van der Waals surface area contributed by atoms with Gasteiger partial charge in [-0.1, -0.05) is 19.1 Å². The molecular formula is C18H30IN5O2. The van der Waals surface area contributed by atoms with E-state index in [4.69, 9.17) is 0 Å². The van der Waals surface area contributed by atoms with Crippen molar-refractivity contribution in [3.8, 4) is 0 Å². The Morgan fingerprint density at radius 1 is 1.27 bits per heavy atom. The number of hydrogen-bond donors (Lipinski definition) is 2. The summed E-state index contributed by atoms with van der Waals surface area (Å²) in [4.78, 5) is 17.4. The number of nitro groups is 1. The third-order valence-corrected chi connectivity index (χ3v) is 4.38. The molecule has 26 heavy (non-hydrogen) atoms. The number of benzene rings is 1. The second-order valence-electron chi connectivity index (χ2n) is 6.38. The fourth-order valence-electron chi connectivity index (χ4n) is 3.02. The molecule has 8 heteroatoms. The van der Waals surface area contributed by atoms with Crippen LogP contribution in [0, 0.1) is 10.1 Å². The summed E-state index contributed by atoms with van der Waals surface area (Å²) in [7, 11) is 0. The molecule has 0 unspecified atom stereocenters. The summed E-state index contributed by atoms with van der Waals surface area (Å²) >= 11 is 0. The molecule has 0 spiro atoms. The third-order valence-electron chi connectivity index (χ3n) is 4.38. The van der Waals surface area contributed by atoms with Crippen molar-refractivity contribution in [2.75, 3.05) is 26.2 Å². The molecule has 0 bridgehead atoms. The van der Waals surface area contributed by atoms with Crippen LogP contribution in [0.15, 0.2) is 29.3 Å². The number of piperidine rings is 1. The van der Waals surface area contributed by atoms with E-state index in [9.17, 15) is 10.1 Å². The van der Waals surface area contributed by atoms with Crippen molar-refractivity contribution in [2.24, 2.45) is 4.99 Å². The van der Waals surface area contributed by atoms with Crippen molar-refractivity contribution in [1.29, 1.82) is 0 Å². The van der Waals surface area contributed by atoms with Crippen molar-refractivity contribution in [1.82, 2.24) is 15.5 Å². The lowest BCUT2D eigenvalue weighted by Crippen LogP contribution is -2.48. The number of halogens is 1. The first-order valence-corrected chi connectivity index (χ1v) is 9.13. The van der Waals surface area contributed by atoms with Gasteiger partial charge in [0.1, 0.15) is 0 Å². The largest absolute Gasteiger partial charge is 0.357 e. The van der Waals surface area contributed by atoms with Gasteiger partial charge in [-0.15, -0.1) is 24.0 Å². The topological polar surface area (TPSA) is 82.8 Å². The van der Waals surface area contributed by atoms with Crippen LogP contribution in [0.4, 0.5) is 5.69 Å².